The smallest absolute Gasteiger partial charge is 0.230 e. The van der Waals surface area contributed by atoms with Crippen LogP contribution in [0.15, 0.2) is 5.16 Å². The number of ether oxygens (including phenoxy) is 1. The molecule has 0 aromatic rings. The van der Waals surface area contributed by atoms with Crippen molar-refractivity contribution < 1.29 is 14.7 Å². The summed E-state index contributed by atoms with van der Waals surface area (Å²) in [5.41, 5.74) is 5.19. The zero-order valence-corrected chi connectivity index (χ0v) is 8.56. The van der Waals surface area contributed by atoms with Crippen LogP contribution in [0.3, 0.4) is 0 Å². The Morgan fingerprint density at radius 1 is 1.64 bits per heavy atom. The summed E-state index contributed by atoms with van der Waals surface area (Å²) in [7, 11) is 1.64. The average molecular weight is 203 g/mol. The first-order valence-electron chi connectivity index (χ1n) is 4.40. The number of carbonyl (C=O) groups is 1. The minimum atomic E-state index is -0.194. The Labute approximate surface area is 83.3 Å². The second-order valence-corrected chi connectivity index (χ2v) is 2.78. The molecular weight excluding hydrogens is 186 g/mol. The maximum atomic E-state index is 11.3. The van der Waals surface area contributed by atoms with Crippen molar-refractivity contribution >= 4 is 11.7 Å². The summed E-state index contributed by atoms with van der Waals surface area (Å²) in [6, 6.07) is 0. The average Bonchev–Trinajstić information content (AvgIpc) is 2.17. The van der Waals surface area contributed by atoms with Gasteiger partial charge in [-0.05, 0) is 6.92 Å². The van der Waals surface area contributed by atoms with Crippen LogP contribution in [0, 0.1) is 0 Å². The second kappa shape index (κ2) is 7.14. The summed E-state index contributed by atoms with van der Waals surface area (Å²) >= 11 is 0. The highest BCUT2D eigenvalue weighted by atomic mass is 16.5. The van der Waals surface area contributed by atoms with Crippen molar-refractivity contribution in [1.82, 2.24) is 4.90 Å². The van der Waals surface area contributed by atoms with Gasteiger partial charge in [0.05, 0.1) is 13.0 Å². The number of oxime groups is 1. The normalized spacial score (nSPS) is 11.4. The van der Waals surface area contributed by atoms with Gasteiger partial charge in [0.2, 0.25) is 5.91 Å². The third kappa shape index (κ3) is 5.36. The van der Waals surface area contributed by atoms with Crippen LogP contribution in [-0.2, 0) is 9.53 Å². The van der Waals surface area contributed by atoms with E-state index in [1.54, 1.807) is 7.05 Å². The number of hydrogen-bond donors (Lipinski definition) is 2. The number of nitrogens with two attached hydrogens (primary N) is 1. The van der Waals surface area contributed by atoms with Crippen LogP contribution in [0.5, 0.6) is 0 Å². The second-order valence-electron chi connectivity index (χ2n) is 2.78. The molecule has 0 aromatic heterocycles. The van der Waals surface area contributed by atoms with Gasteiger partial charge in [0.1, 0.15) is 5.84 Å². The van der Waals surface area contributed by atoms with Gasteiger partial charge in [0, 0.05) is 20.2 Å². The van der Waals surface area contributed by atoms with Crippen LogP contribution < -0.4 is 5.73 Å². The standard InChI is InChI=1S/C8H17N3O3/c1-3-14-5-4-11(2)8(12)6-7(9)10-13/h13H,3-6H2,1-2H3,(H2,9,10). The van der Waals surface area contributed by atoms with Gasteiger partial charge in [0.15, 0.2) is 0 Å². The molecular formula is C8H17N3O3. The summed E-state index contributed by atoms with van der Waals surface area (Å²) in [5.74, 6) is -0.279. The molecule has 0 unspecified atom stereocenters. The van der Waals surface area contributed by atoms with Crippen LogP contribution in [0.4, 0.5) is 0 Å². The zero-order valence-electron chi connectivity index (χ0n) is 8.56. The molecule has 0 atom stereocenters. The van der Waals surface area contributed by atoms with E-state index >= 15 is 0 Å². The molecule has 0 aliphatic carbocycles. The number of rotatable bonds is 6. The molecule has 0 heterocycles. The van der Waals surface area contributed by atoms with Gasteiger partial charge < -0.3 is 20.6 Å². The van der Waals surface area contributed by atoms with Crippen molar-refractivity contribution in [2.75, 3.05) is 26.8 Å². The molecule has 0 spiro atoms. The molecule has 6 heteroatoms. The Hall–Kier alpha value is -1.30. The third-order valence-electron chi connectivity index (χ3n) is 1.66. The number of amides is 1. The lowest BCUT2D eigenvalue weighted by Crippen LogP contribution is -2.33. The van der Waals surface area contributed by atoms with E-state index in [2.05, 4.69) is 5.16 Å². The van der Waals surface area contributed by atoms with Crippen molar-refractivity contribution in [3.8, 4) is 0 Å². The molecule has 0 fully saturated rings. The van der Waals surface area contributed by atoms with Crippen LogP contribution in [0.25, 0.3) is 0 Å². The van der Waals surface area contributed by atoms with E-state index in [4.69, 9.17) is 15.7 Å². The zero-order chi connectivity index (χ0) is 11.0. The highest BCUT2D eigenvalue weighted by Gasteiger charge is 2.10. The Morgan fingerprint density at radius 3 is 2.79 bits per heavy atom. The Morgan fingerprint density at radius 2 is 2.29 bits per heavy atom. The summed E-state index contributed by atoms with van der Waals surface area (Å²) in [6.45, 7) is 3.51. The fourth-order valence-electron chi connectivity index (χ4n) is 0.796. The molecule has 3 N–H and O–H groups in total. The van der Waals surface area contributed by atoms with Crippen molar-refractivity contribution in [3.05, 3.63) is 0 Å². The first-order valence-corrected chi connectivity index (χ1v) is 4.40. The van der Waals surface area contributed by atoms with Gasteiger partial charge in [-0.25, -0.2) is 0 Å². The highest BCUT2D eigenvalue weighted by molar-refractivity contribution is 5.98. The lowest BCUT2D eigenvalue weighted by atomic mass is 10.3. The molecule has 6 nitrogen and oxygen atoms in total. The topological polar surface area (TPSA) is 88.2 Å². The molecule has 0 aliphatic rings. The number of carbonyl (C=O) groups excluding carboxylic acids is 1. The lowest BCUT2D eigenvalue weighted by Gasteiger charge is -2.16. The van der Waals surface area contributed by atoms with Gasteiger partial charge in [-0.15, -0.1) is 0 Å². The van der Waals surface area contributed by atoms with Crippen molar-refractivity contribution in [3.63, 3.8) is 0 Å². The van der Waals surface area contributed by atoms with Crippen molar-refractivity contribution in [2.24, 2.45) is 10.9 Å². The van der Waals surface area contributed by atoms with E-state index in [1.165, 1.54) is 4.90 Å². The van der Waals surface area contributed by atoms with Crippen LogP contribution in [-0.4, -0.2) is 48.7 Å². The first kappa shape index (κ1) is 12.7. The molecule has 0 radical (unpaired) electrons. The van der Waals surface area contributed by atoms with Crippen LogP contribution in [0.1, 0.15) is 13.3 Å². The Kier molecular flexibility index (Phi) is 6.47. The van der Waals surface area contributed by atoms with E-state index < -0.39 is 0 Å². The van der Waals surface area contributed by atoms with Gasteiger partial charge in [-0.1, -0.05) is 5.16 Å². The summed E-state index contributed by atoms with van der Waals surface area (Å²) < 4.78 is 5.08. The number of nitrogens with zero attached hydrogens (tertiary/aromatic N) is 2. The van der Waals surface area contributed by atoms with Crippen LogP contribution in [0.2, 0.25) is 0 Å². The SMILES string of the molecule is CCOCCN(C)C(=O)CC(N)=NO. The quantitative estimate of drug-likeness (QED) is 0.202. The van der Waals surface area contributed by atoms with Crippen LogP contribution >= 0.6 is 0 Å². The molecule has 0 saturated heterocycles. The largest absolute Gasteiger partial charge is 0.409 e. The summed E-state index contributed by atoms with van der Waals surface area (Å²) in [6.07, 6.45) is -0.0703. The third-order valence-corrected chi connectivity index (χ3v) is 1.66. The molecule has 0 saturated carbocycles. The fourth-order valence-corrected chi connectivity index (χ4v) is 0.796. The first-order chi connectivity index (χ1) is 6.61. The molecule has 0 aliphatic heterocycles. The maximum Gasteiger partial charge on any atom is 0.230 e. The van der Waals surface area contributed by atoms with E-state index in [-0.39, 0.29) is 18.2 Å². The Bertz CT molecular complexity index is 206. The monoisotopic (exact) mass is 203 g/mol. The number of hydrogen-bond acceptors (Lipinski definition) is 4. The maximum absolute atomic E-state index is 11.3. The van der Waals surface area contributed by atoms with E-state index in [9.17, 15) is 4.79 Å². The van der Waals surface area contributed by atoms with Gasteiger partial charge in [0.25, 0.3) is 0 Å². The van der Waals surface area contributed by atoms with Gasteiger partial charge >= 0.3 is 0 Å². The van der Waals surface area contributed by atoms with Gasteiger partial charge in [-0.3, -0.25) is 4.79 Å². The van der Waals surface area contributed by atoms with Gasteiger partial charge in [-0.2, -0.15) is 0 Å². The Balaban J connectivity index is 3.76. The number of amidine groups is 1. The minimum absolute atomic E-state index is 0.0703. The molecule has 0 rings (SSSR count). The highest BCUT2D eigenvalue weighted by Crippen LogP contribution is 1.91. The summed E-state index contributed by atoms with van der Waals surface area (Å²) in [4.78, 5) is 12.8. The molecule has 14 heavy (non-hydrogen) atoms. The molecule has 82 valence electrons. The summed E-state index contributed by atoms with van der Waals surface area (Å²) in [5, 5.41) is 11.0. The van der Waals surface area contributed by atoms with Crippen molar-refractivity contribution in [1.29, 1.82) is 0 Å². The van der Waals surface area contributed by atoms with Crippen molar-refractivity contribution in [2.45, 2.75) is 13.3 Å². The lowest BCUT2D eigenvalue weighted by molar-refractivity contribution is -0.129. The molecule has 1 amide bonds. The molecule has 0 bridgehead atoms. The predicted octanol–water partition coefficient (Wildman–Crippen LogP) is -0.382. The predicted molar refractivity (Wildman–Crippen MR) is 52.2 cm³/mol. The fraction of sp³-hybridized carbons (Fsp3) is 0.750. The van der Waals surface area contributed by atoms with E-state index in [0.29, 0.717) is 19.8 Å². The molecule has 0 aromatic carbocycles. The van der Waals surface area contributed by atoms with E-state index in [0.717, 1.165) is 0 Å². The van der Waals surface area contributed by atoms with E-state index in [1.807, 2.05) is 6.92 Å². The number of likely N-dealkylation sites (N-methyl/N-ethyl adjacent to an activating group) is 1. The minimum Gasteiger partial charge on any atom is -0.409 e.